The molecule has 1 aliphatic rings. The van der Waals surface area contributed by atoms with E-state index in [4.69, 9.17) is 15.2 Å². The maximum atomic E-state index is 13.1. The summed E-state index contributed by atoms with van der Waals surface area (Å²) < 4.78 is 24.0. The molecule has 1 aliphatic heterocycles. The fourth-order valence-corrected chi connectivity index (χ4v) is 1.78. The number of nitrogen functional groups attached to an aromatic ring is 1. The number of anilines is 1. The second-order valence-electron chi connectivity index (χ2n) is 3.96. The van der Waals surface area contributed by atoms with Crippen molar-refractivity contribution in [2.45, 2.75) is 25.4 Å². The van der Waals surface area contributed by atoms with E-state index in [1.807, 2.05) is 0 Å². The molecule has 2 rings (SSSR count). The third kappa shape index (κ3) is 2.85. The lowest BCUT2D eigenvalue weighted by Crippen LogP contribution is -2.10. The predicted octanol–water partition coefficient (Wildman–Crippen LogP) is 2.36. The topological polar surface area (TPSA) is 44.5 Å². The van der Waals surface area contributed by atoms with Crippen molar-refractivity contribution in [3.05, 3.63) is 24.0 Å². The molecule has 1 heterocycles. The quantitative estimate of drug-likeness (QED) is 0.800. The van der Waals surface area contributed by atoms with Crippen molar-refractivity contribution in [2.24, 2.45) is 0 Å². The van der Waals surface area contributed by atoms with Crippen molar-refractivity contribution < 1.29 is 13.9 Å². The largest absolute Gasteiger partial charge is 0.493 e. The smallest absolute Gasteiger partial charge is 0.149 e. The van der Waals surface area contributed by atoms with Gasteiger partial charge in [-0.15, -0.1) is 0 Å². The van der Waals surface area contributed by atoms with E-state index in [1.54, 1.807) is 6.07 Å². The molecule has 4 heteroatoms. The maximum absolute atomic E-state index is 13.1. The predicted molar refractivity (Wildman–Crippen MR) is 59.9 cm³/mol. The summed E-state index contributed by atoms with van der Waals surface area (Å²) in [6, 6.07) is 4.50. The molecule has 1 unspecified atom stereocenters. The highest BCUT2D eigenvalue weighted by Crippen LogP contribution is 2.19. The summed E-state index contributed by atoms with van der Waals surface area (Å²) in [4.78, 5) is 0. The lowest BCUT2D eigenvalue weighted by atomic mass is 10.2. The van der Waals surface area contributed by atoms with E-state index in [2.05, 4.69) is 0 Å². The van der Waals surface area contributed by atoms with Crippen LogP contribution in [-0.2, 0) is 4.74 Å². The van der Waals surface area contributed by atoms with Crippen molar-refractivity contribution in [2.75, 3.05) is 18.9 Å². The van der Waals surface area contributed by atoms with Crippen LogP contribution in [0.2, 0.25) is 0 Å². The van der Waals surface area contributed by atoms with E-state index in [0.29, 0.717) is 18.5 Å². The van der Waals surface area contributed by atoms with Crippen LogP contribution in [0.1, 0.15) is 19.3 Å². The summed E-state index contributed by atoms with van der Waals surface area (Å²) in [5.41, 5.74) is 5.51. The Kier molecular flexibility index (Phi) is 3.62. The van der Waals surface area contributed by atoms with Gasteiger partial charge in [0.05, 0.1) is 18.4 Å². The van der Waals surface area contributed by atoms with Crippen LogP contribution in [0, 0.1) is 5.82 Å². The van der Waals surface area contributed by atoms with Gasteiger partial charge < -0.3 is 15.2 Å². The second kappa shape index (κ2) is 5.16. The Bertz CT molecular complexity index is 351. The number of halogens is 1. The summed E-state index contributed by atoms with van der Waals surface area (Å²) in [7, 11) is 0. The van der Waals surface area contributed by atoms with Crippen molar-refractivity contribution in [3.63, 3.8) is 0 Å². The molecule has 16 heavy (non-hydrogen) atoms. The van der Waals surface area contributed by atoms with Gasteiger partial charge in [-0.1, -0.05) is 0 Å². The summed E-state index contributed by atoms with van der Waals surface area (Å²) in [6.45, 7) is 1.40. The standard InChI is InChI=1S/C12H16FNO2/c13-11-8-10(3-4-12(11)14)16-7-5-9-2-1-6-15-9/h3-4,8-9H,1-2,5-7,14H2. The van der Waals surface area contributed by atoms with Crippen molar-refractivity contribution >= 4 is 5.69 Å². The van der Waals surface area contributed by atoms with Crippen LogP contribution in [0.25, 0.3) is 0 Å². The van der Waals surface area contributed by atoms with Crippen molar-refractivity contribution in [3.8, 4) is 5.75 Å². The minimum Gasteiger partial charge on any atom is -0.493 e. The third-order valence-corrected chi connectivity index (χ3v) is 2.70. The van der Waals surface area contributed by atoms with Gasteiger partial charge in [-0.05, 0) is 25.0 Å². The highest BCUT2D eigenvalue weighted by atomic mass is 19.1. The lowest BCUT2D eigenvalue weighted by molar-refractivity contribution is 0.0903. The molecule has 3 nitrogen and oxygen atoms in total. The molecule has 0 saturated carbocycles. The van der Waals surface area contributed by atoms with Gasteiger partial charge in [-0.2, -0.15) is 0 Å². The molecule has 0 bridgehead atoms. The fraction of sp³-hybridized carbons (Fsp3) is 0.500. The molecular formula is C12H16FNO2. The van der Waals surface area contributed by atoms with Crippen LogP contribution in [0.15, 0.2) is 18.2 Å². The molecule has 88 valence electrons. The van der Waals surface area contributed by atoms with Gasteiger partial charge in [0.1, 0.15) is 11.6 Å². The zero-order valence-corrected chi connectivity index (χ0v) is 9.12. The van der Waals surface area contributed by atoms with Gasteiger partial charge in [0.15, 0.2) is 0 Å². The van der Waals surface area contributed by atoms with Crippen molar-refractivity contribution in [1.82, 2.24) is 0 Å². The van der Waals surface area contributed by atoms with Gasteiger partial charge in [-0.3, -0.25) is 0 Å². The molecule has 0 amide bonds. The summed E-state index contributed by atoms with van der Waals surface area (Å²) in [5, 5.41) is 0. The van der Waals surface area contributed by atoms with Crippen LogP contribution in [0.3, 0.4) is 0 Å². The summed E-state index contributed by atoms with van der Waals surface area (Å²) >= 11 is 0. The van der Waals surface area contributed by atoms with Crippen LogP contribution >= 0.6 is 0 Å². The summed E-state index contributed by atoms with van der Waals surface area (Å²) in [6.07, 6.45) is 3.38. The molecule has 1 aromatic carbocycles. The van der Waals surface area contributed by atoms with Gasteiger partial charge >= 0.3 is 0 Å². The molecule has 0 aliphatic carbocycles. The number of hydrogen-bond acceptors (Lipinski definition) is 3. The first kappa shape index (κ1) is 11.2. The fourth-order valence-electron chi connectivity index (χ4n) is 1.78. The van der Waals surface area contributed by atoms with Crippen molar-refractivity contribution in [1.29, 1.82) is 0 Å². The van der Waals surface area contributed by atoms with E-state index in [1.165, 1.54) is 12.1 Å². The monoisotopic (exact) mass is 225 g/mol. The Morgan fingerprint density at radius 1 is 1.50 bits per heavy atom. The Labute approximate surface area is 94.3 Å². The molecule has 1 saturated heterocycles. The number of rotatable bonds is 4. The highest BCUT2D eigenvalue weighted by molar-refractivity contribution is 5.43. The third-order valence-electron chi connectivity index (χ3n) is 2.70. The lowest BCUT2D eigenvalue weighted by Gasteiger charge is -2.10. The Balaban J connectivity index is 1.78. The molecule has 1 aromatic rings. The summed E-state index contributed by atoms with van der Waals surface area (Å²) in [5.74, 6) is 0.0827. The minimum atomic E-state index is -0.436. The number of ether oxygens (including phenoxy) is 2. The number of hydrogen-bond donors (Lipinski definition) is 1. The molecule has 0 radical (unpaired) electrons. The van der Waals surface area contributed by atoms with Crippen LogP contribution in [0.5, 0.6) is 5.75 Å². The molecule has 2 N–H and O–H groups in total. The average Bonchev–Trinajstić information content (AvgIpc) is 2.76. The van der Waals surface area contributed by atoms with E-state index >= 15 is 0 Å². The second-order valence-corrected chi connectivity index (χ2v) is 3.96. The molecule has 0 aromatic heterocycles. The minimum absolute atomic E-state index is 0.145. The SMILES string of the molecule is Nc1ccc(OCCC2CCCO2)cc1F. The highest BCUT2D eigenvalue weighted by Gasteiger charge is 2.15. The van der Waals surface area contributed by atoms with Crippen LogP contribution in [0.4, 0.5) is 10.1 Å². The van der Waals surface area contributed by atoms with E-state index in [0.717, 1.165) is 25.9 Å². The zero-order valence-electron chi connectivity index (χ0n) is 9.12. The first-order chi connectivity index (χ1) is 7.75. The molecule has 1 fully saturated rings. The maximum Gasteiger partial charge on any atom is 0.149 e. The Morgan fingerprint density at radius 2 is 2.38 bits per heavy atom. The molecule has 1 atom stereocenters. The number of nitrogens with two attached hydrogens (primary N) is 1. The van der Waals surface area contributed by atoms with Crippen LogP contribution in [-0.4, -0.2) is 19.3 Å². The molecular weight excluding hydrogens is 209 g/mol. The van der Waals surface area contributed by atoms with E-state index in [9.17, 15) is 4.39 Å². The Hall–Kier alpha value is -1.29. The normalized spacial score (nSPS) is 19.9. The van der Waals surface area contributed by atoms with E-state index < -0.39 is 5.82 Å². The first-order valence-electron chi connectivity index (χ1n) is 5.55. The van der Waals surface area contributed by atoms with E-state index in [-0.39, 0.29) is 5.69 Å². The Morgan fingerprint density at radius 3 is 3.06 bits per heavy atom. The van der Waals surface area contributed by atoms with Crippen LogP contribution < -0.4 is 10.5 Å². The first-order valence-corrected chi connectivity index (χ1v) is 5.55. The van der Waals surface area contributed by atoms with Gasteiger partial charge in [0.25, 0.3) is 0 Å². The zero-order chi connectivity index (χ0) is 11.4. The average molecular weight is 225 g/mol. The molecule has 0 spiro atoms. The van der Waals surface area contributed by atoms with Gasteiger partial charge in [0, 0.05) is 19.1 Å². The van der Waals surface area contributed by atoms with Gasteiger partial charge in [-0.25, -0.2) is 4.39 Å². The van der Waals surface area contributed by atoms with Gasteiger partial charge in [0.2, 0.25) is 0 Å². The number of benzene rings is 1.